The zero-order chi connectivity index (χ0) is 10.6. The molecule has 14 heavy (non-hydrogen) atoms. The molecule has 3 unspecified atom stereocenters. The van der Waals surface area contributed by atoms with E-state index in [4.69, 9.17) is 10.9 Å². The van der Waals surface area contributed by atoms with Crippen LogP contribution in [0.2, 0.25) is 0 Å². The maximum atomic E-state index is 8.50. The minimum Gasteiger partial charge on any atom is -0.409 e. The standard InChI is InChI=1S/C9H19N3OS/c1-6(9(10)12-13)11-7-3-4-8(5-7)14-2/h6-8,11,13H,3-5H2,1-2H3,(H2,10,12). The average molecular weight is 217 g/mol. The number of hydrogen-bond acceptors (Lipinski definition) is 4. The Morgan fingerprint density at radius 1 is 1.64 bits per heavy atom. The maximum Gasteiger partial charge on any atom is 0.156 e. The van der Waals surface area contributed by atoms with Crippen molar-refractivity contribution in [3.05, 3.63) is 0 Å². The van der Waals surface area contributed by atoms with E-state index in [1.165, 1.54) is 19.3 Å². The number of thioether (sulfide) groups is 1. The van der Waals surface area contributed by atoms with Crippen molar-refractivity contribution in [3.8, 4) is 0 Å². The van der Waals surface area contributed by atoms with Crippen LogP contribution >= 0.6 is 11.8 Å². The number of rotatable bonds is 4. The number of nitrogens with one attached hydrogen (secondary N) is 1. The molecule has 4 nitrogen and oxygen atoms in total. The molecule has 0 bridgehead atoms. The minimum atomic E-state index is -0.0365. The predicted molar refractivity (Wildman–Crippen MR) is 60.9 cm³/mol. The number of nitrogens with zero attached hydrogens (tertiary/aromatic N) is 1. The quantitative estimate of drug-likeness (QED) is 0.284. The van der Waals surface area contributed by atoms with Crippen molar-refractivity contribution in [2.45, 2.75) is 43.5 Å². The van der Waals surface area contributed by atoms with E-state index in [9.17, 15) is 0 Å². The largest absolute Gasteiger partial charge is 0.409 e. The van der Waals surface area contributed by atoms with Crippen molar-refractivity contribution in [3.63, 3.8) is 0 Å². The lowest BCUT2D eigenvalue weighted by Gasteiger charge is -2.18. The first-order valence-corrected chi connectivity index (χ1v) is 6.22. The molecule has 0 aromatic rings. The molecule has 0 spiro atoms. The Balaban J connectivity index is 2.32. The van der Waals surface area contributed by atoms with E-state index in [-0.39, 0.29) is 11.9 Å². The molecule has 0 radical (unpaired) electrons. The first-order valence-electron chi connectivity index (χ1n) is 4.93. The third-order valence-electron chi connectivity index (χ3n) is 2.76. The normalized spacial score (nSPS) is 30.6. The van der Waals surface area contributed by atoms with Crippen LogP contribution in [0.15, 0.2) is 5.16 Å². The van der Waals surface area contributed by atoms with Gasteiger partial charge in [-0.2, -0.15) is 11.8 Å². The Labute approximate surface area is 89.3 Å². The van der Waals surface area contributed by atoms with E-state index < -0.39 is 0 Å². The first kappa shape index (κ1) is 11.7. The molecule has 4 N–H and O–H groups in total. The van der Waals surface area contributed by atoms with Crippen LogP contribution in [0.3, 0.4) is 0 Å². The highest BCUT2D eigenvalue weighted by Crippen LogP contribution is 2.28. The van der Waals surface area contributed by atoms with Gasteiger partial charge in [0.1, 0.15) is 0 Å². The summed E-state index contributed by atoms with van der Waals surface area (Å²) in [6.07, 6.45) is 5.79. The molecule has 1 rings (SSSR count). The topological polar surface area (TPSA) is 70.6 Å². The summed E-state index contributed by atoms with van der Waals surface area (Å²) in [5.41, 5.74) is 5.49. The third kappa shape index (κ3) is 3.06. The Hall–Kier alpha value is -0.420. The van der Waals surface area contributed by atoms with Crippen LogP contribution in [0.4, 0.5) is 0 Å². The summed E-state index contributed by atoms with van der Waals surface area (Å²) in [6.45, 7) is 1.92. The van der Waals surface area contributed by atoms with Gasteiger partial charge >= 0.3 is 0 Å². The van der Waals surface area contributed by atoms with Crippen molar-refractivity contribution in [1.29, 1.82) is 0 Å². The van der Waals surface area contributed by atoms with E-state index in [0.29, 0.717) is 6.04 Å². The molecule has 0 aliphatic heterocycles. The molecule has 0 amide bonds. The Morgan fingerprint density at radius 3 is 2.86 bits per heavy atom. The SMILES string of the molecule is CSC1CCC(NC(C)C(N)=NO)C1. The zero-order valence-electron chi connectivity index (χ0n) is 8.73. The van der Waals surface area contributed by atoms with Gasteiger partial charge in [0.25, 0.3) is 0 Å². The Morgan fingerprint density at radius 2 is 2.36 bits per heavy atom. The van der Waals surface area contributed by atoms with Crippen molar-refractivity contribution in [2.75, 3.05) is 6.26 Å². The Bertz CT molecular complexity index is 210. The van der Waals surface area contributed by atoms with Crippen molar-refractivity contribution >= 4 is 17.6 Å². The van der Waals surface area contributed by atoms with Gasteiger partial charge in [0.15, 0.2) is 5.84 Å². The van der Waals surface area contributed by atoms with E-state index in [1.54, 1.807) is 0 Å². The molecule has 0 aromatic heterocycles. The van der Waals surface area contributed by atoms with Gasteiger partial charge in [-0.1, -0.05) is 5.16 Å². The van der Waals surface area contributed by atoms with Gasteiger partial charge in [0.2, 0.25) is 0 Å². The second-order valence-corrected chi connectivity index (χ2v) is 4.92. The highest BCUT2D eigenvalue weighted by Gasteiger charge is 2.25. The van der Waals surface area contributed by atoms with Crippen LogP contribution in [0.1, 0.15) is 26.2 Å². The molecule has 1 aliphatic rings. The second-order valence-electron chi connectivity index (χ2n) is 3.78. The van der Waals surface area contributed by atoms with E-state index in [2.05, 4.69) is 16.7 Å². The van der Waals surface area contributed by atoms with Crippen molar-refractivity contribution in [1.82, 2.24) is 5.32 Å². The molecule has 0 aromatic carbocycles. The fraction of sp³-hybridized carbons (Fsp3) is 0.889. The molecule has 0 saturated heterocycles. The summed E-state index contributed by atoms with van der Waals surface area (Å²) in [5.74, 6) is 0.262. The van der Waals surface area contributed by atoms with Gasteiger partial charge in [-0.25, -0.2) is 0 Å². The summed E-state index contributed by atoms with van der Waals surface area (Å²) in [7, 11) is 0. The van der Waals surface area contributed by atoms with E-state index in [0.717, 1.165) is 5.25 Å². The lowest BCUT2D eigenvalue weighted by molar-refractivity contribution is 0.314. The van der Waals surface area contributed by atoms with Crippen LogP contribution in [0, 0.1) is 0 Å². The summed E-state index contributed by atoms with van der Waals surface area (Å²) in [6, 6.07) is 0.480. The molecule has 1 saturated carbocycles. The molecular weight excluding hydrogens is 198 g/mol. The summed E-state index contributed by atoms with van der Waals surface area (Å²) in [4.78, 5) is 0. The van der Waals surface area contributed by atoms with Gasteiger partial charge in [-0.3, -0.25) is 0 Å². The fourth-order valence-electron chi connectivity index (χ4n) is 1.83. The number of nitrogens with two attached hydrogens (primary N) is 1. The van der Waals surface area contributed by atoms with Gasteiger partial charge in [0, 0.05) is 11.3 Å². The second kappa shape index (κ2) is 5.46. The lowest BCUT2D eigenvalue weighted by Crippen LogP contribution is -2.43. The average Bonchev–Trinajstić information content (AvgIpc) is 2.64. The summed E-state index contributed by atoms with van der Waals surface area (Å²) in [5, 5.41) is 15.6. The maximum absolute atomic E-state index is 8.50. The molecule has 1 fully saturated rings. The zero-order valence-corrected chi connectivity index (χ0v) is 9.55. The van der Waals surface area contributed by atoms with Gasteiger partial charge < -0.3 is 16.3 Å². The van der Waals surface area contributed by atoms with E-state index in [1.807, 2.05) is 18.7 Å². The lowest BCUT2D eigenvalue weighted by atomic mass is 10.2. The van der Waals surface area contributed by atoms with Crippen LogP contribution in [-0.4, -0.2) is 34.6 Å². The Kier molecular flexibility index (Phi) is 4.54. The molecule has 3 atom stereocenters. The highest BCUT2D eigenvalue weighted by atomic mass is 32.2. The van der Waals surface area contributed by atoms with Crippen LogP contribution < -0.4 is 11.1 Å². The van der Waals surface area contributed by atoms with E-state index >= 15 is 0 Å². The van der Waals surface area contributed by atoms with Crippen LogP contribution in [0.25, 0.3) is 0 Å². The van der Waals surface area contributed by atoms with Gasteiger partial charge in [-0.05, 0) is 32.4 Å². The van der Waals surface area contributed by atoms with Gasteiger partial charge in [0.05, 0.1) is 6.04 Å². The molecule has 0 heterocycles. The first-order chi connectivity index (χ1) is 6.67. The van der Waals surface area contributed by atoms with Crippen LogP contribution in [0.5, 0.6) is 0 Å². The molecule has 1 aliphatic carbocycles. The number of oxime groups is 1. The predicted octanol–water partition coefficient (Wildman–Crippen LogP) is 0.995. The molecule has 5 heteroatoms. The minimum absolute atomic E-state index is 0.0365. The summed E-state index contributed by atoms with van der Waals surface area (Å²) < 4.78 is 0. The monoisotopic (exact) mass is 217 g/mol. The molecular formula is C9H19N3OS. The van der Waals surface area contributed by atoms with Crippen molar-refractivity contribution < 1.29 is 5.21 Å². The summed E-state index contributed by atoms with van der Waals surface area (Å²) >= 11 is 1.93. The molecule has 82 valence electrons. The highest BCUT2D eigenvalue weighted by molar-refractivity contribution is 7.99. The smallest absolute Gasteiger partial charge is 0.156 e. The number of amidine groups is 1. The third-order valence-corrected chi connectivity index (χ3v) is 3.86. The fourth-order valence-corrected chi connectivity index (χ4v) is 2.63. The van der Waals surface area contributed by atoms with Crippen LogP contribution in [-0.2, 0) is 0 Å². The number of hydrogen-bond donors (Lipinski definition) is 3. The van der Waals surface area contributed by atoms with Crippen molar-refractivity contribution in [2.24, 2.45) is 10.9 Å². The van der Waals surface area contributed by atoms with Gasteiger partial charge in [-0.15, -0.1) is 0 Å².